The predicted octanol–water partition coefficient (Wildman–Crippen LogP) is 2.37. The van der Waals surface area contributed by atoms with E-state index < -0.39 is 35.9 Å². The highest BCUT2D eigenvalue weighted by Crippen LogP contribution is 2.37. The number of alkyl halides is 2. The Morgan fingerprint density at radius 3 is 2.74 bits per heavy atom. The zero-order chi connectivity index (χ0) is 19.6. The number of hydrogen-bond donors (Lipinski definition) is 2. The predicted molar refractivity (Wildman–Crippen MR) is 91.5 cm³/mol. The Balaban J connectivity index is 1.95. The van der Waals surface area contributed by atoms with Gasteiger partial charge in [0.1, 0.15) is 29.1 Å². The quantitative estimate of drug-likeness (QED) is 0.821. The van der Waals surface area contributed by atoms with Gasteiger partial charge in [-0.15, -0.1) is 0 Å². The fourth-order valence-electron chi connectivity index (χ4n) is 2.56. The van der Waals surface area contributed by atoms with Gasteiger partial charge >= 0.3 is 0 Å². The minimum absolute atomic E-state index is 0.0582. The topological polar surface area (TPSA) is 102 Å². The molecule has 142 valence electrons. The average Bonchev–Trinajstić information content (AvgIpc) is 2.63. The summed E-state index contributed by atoms with van der Waals surface area (Å²) in [5.41, 5.74) is 2.78. The van der Waals surface area contributed by atoms with Gasteiger partial charge in [-0.2, -0.15) is 0 Å². The molecular weight excluding hydrogens is 387 g/mol. The van der Waals surface area contributed by atoms with Crippen LogP contribution in [0.3, 0.4) is 0 Å². The molecule has 0 bridgehead atoms. The van der Waals surface area contributed by atoms with Gasteiger partial charge in [0.2, 0.25) is 0 Å². The number of nitrogens with one attached hydrogen (secondary N) is 1. The van der Waals surface area contributed by atoms with E-state index in [1.807, 2.05) is 0 Å². The SMILES string of the molecule is NC1=NC(c2cc(NC(=O)c3cnc(Cl)cn3)ccc2F)(C(F)F)COC1. The van der Waals surface area contributed by atoms with E-state index in [1.165, 1.54) is 12.3 Å². The van der Waals surface area contributed by atoms with Crippen LogP contribution in [-0.2, 0) is 10.3 Å². The highest BCUT2D eigenvalue weighted by Gasteiger charge is 2.46. The largest absolute Gasteiger partial charge is 0.385 e. The van der Waals surface area contributed by atoms with Gasteiger partial charge in [0.05, 0.1) is 19.0 Å². The van der Waals surface area contributed by atoms with E-state index in [-0.39, 0.29) is 29.0 Å². The molecule has 0 saturated carbocycles. The molecule has 3 N–H and O–H groups in total. The second-order valence-corrected chi connectivity index (χ2v) is 6.08. The van der Waals surface area contributed by atoms with Crippen molar-refractivity contribution >= 4 is 29.0 Å². The molecule has 0 radical (unpaired) electrons. The van der Waals surface area contributed by atoms with Crippen LogP contribution in [0, 0.1) is 5.82 Å². The molecule has 2 heterocycles. The van der Waals surface area contributed by atoms with Crippen LogP contribution in [0.25, 0.3) is 0 Å². The summed E-state index contributed by atoms with van der Waals surface area (Å²) in [7, 11) is 0. The Hall–Kier alpha value is -2.72. The lowest BCUT2D eigenvalue weighted by Crippen LogP contribution is -2.45. The Morgan fingerprint density at radius 1 is 1.33 bits per heavy atom. The molecule has 11 heteroatoms. The average molecular weight is 400 g/mol. The number of rotatable bonds is 4. The van der Waals surface area contributed by atoms with Crippen molar-refractivity contribution < 1.29 is 22.7 Å². The lowest BCUT2D eigenvalue weighted by Gasteiger charge is -2.33. The van der Waals surface area contributed by atoms with E-state index in [1.54, 1.807) is 0 Å². The molecule has 1 unspecified atom stereocenters. The summed E-state index contributed by atoms with van der Waals surface area (Å²) in [5, 5.41) is 2.53. The molecular formula is C16H13ClF3N5O2. The van der Waals surface area contributed by atoms with E-state index in [4.69, 9.17) is 22.1 Å². The molecule has 1 aromatic heterocycles. The summed E-state index contributed by atoms with van der Waals surface area (Å²) in [6, 6.07) is 3.23. The molecule has 1 amide bonds. The van der Waals surface area contributed by atoms with E-state index in [9.17, 15) is 18.0 Å². The van der Waals surface area contributed by atoms with Crippen molar-refractivity contribution in [3.05, 3.63) is 52.8 Å². The maximum absolute atomic E-state index is 14.3. The van der Waals surface area contributed by atoms with Crippen molar-refractivity contribution in [2.45, 2.75) is 12.0 Å². The third kappa shape index (κ3) is 3.86. The Morgan fingerprint density at radius 2 is 2.11 bits per heavy atom. The first-order chi connectivity index (χ1) is 12.8. The first-order valence-corrected chi connectivity index (χ1v) is 7.98. The molecule has 1 aliphatic rings. The number of amides is 1. The summed E-state index contributed by atoms with van der Waals surface area (Å²) in [5.74, 6) is -1.78. The van der Waals surface area contributed by atoms with E-state index in [0.29, 0.717) is 0 Å². The number of carbonyl (C=O) groups excluding carboxylic acids is 1. The van der Waals surface area contributed by atoms with Crippen LogP contribution in [-0.4, -0.2) is 41.3 Å². The van der Waals surface area contributed by atoms with E-state index >= 15 is 0 Å². The smallest absolute Gasteiger partial charge is 0.275 e. The molecule has 0 spiro atoms. The maximum Gasteiger partial charge on any atom is 0.275 e. The standard InChI is InChI=1S/C16H13ClF3N5O2/c17-12-5-22-11(4-23-12)14(26)24-8-1-2-10(18)9(3-8)16(15(19)20)7-27-6-13(21)25-16/h1-5,15H,6-7H2,(H2,21,25)(H,24,26). The van der Waals surface area contributed by atoms with Crippen LogP contribution in [0.5, 0.6) is 0 Å². The summed E-state index contributed by atoms with van der Waals surface area (Å²) < 4.78 is 47.0. The van der Waals surface area contributed by atoms with Gasteiger partial charge in [0.15, 0.2) is 5.54 Å². The Labute approximate surface area is 156 Å². The van der Waals surface area contributed by atoms with Gasteiger partial charge in [-0.3, -0.25) is 9.79 Å². The fourth-order valence-corrected chi connectivity index (χ4v) is 2.66. The minimum atomic E-state index is -3.08. The number of amidine groups is 1. The highest BCUT2D eigenvalue weighted by atomic mass is 35.5. The second kappa shape index (κ2) is 7.49. The number of anilines is 1. The zero-order valence-electron chi connectivity index (χ0n) is 13.6. The first kappa shape index (κ1) is 19.1. The normalized spacial score (nSPS) is 19.7. The third-order valence-electron chi connectivity index (χ3n) is 3.82. The summed E-state index contributed by atoms with van der Waals surface area (Å²) >= 11 is 5.61. The Bertz CT molecular complexity index is 894. The van der Waals surface area contributed by atoms with Crippen molar-refractivity contribution in [3.8, 4) is 0 Å². The molecule has 1 atom stereocenters. The van der Waals surface area contributed by atoms with Gasteiger partial charge in [-0.05, 0) is 18.2 Å². The monoisotopic (exact) mass is 399 g/mol. The molecule has 3 rings (SSSR count). The second-order valence-electron chi connectivity index (χ2n) is 5.69. The van der Waals surface area contributed by atoms with Crippen molar-refractivity contribution in [2.24, 2.45) is 10.7 Å². The van der Waals surface area contributed by atoms with Gasteiger partial charge in [0.25, 0.3) is 12.3 Å². The van der Waals surface area contributed by atoms with Crippen LogP contribution in [0.2, 0.25) is 5.15 Å². The molecule has 27 heavy (non-hydrogen) atoms. The Kier molecular flexibility index (Phi) is 5.29. The summed E-state index contributed by atoms with van der Waals surface area (Å²) in [6.07, 6.45) is -0.767. The molecule has 0 aliphatic carbocycles. The molecule has 0 fully saturated rings. The molecule has 1 aromatic carbocycles. The number of aromatic nitrogens is 2. The number of ether oxygens (including phenoxy) is 1. The molecule has 1 aliphatic heterocycles. The van der Waals surface area contributed by atoms with E-state index in [0.717, 1.165) is 18.3 Å². The van der Waals surface area contributed by atoms with Gasteiger partial charge in [-0.25, -0.2) is 23.1 Å². The van der Waals surface area contributed by atoms with Gasteiger partial charge in [-0.1, -0.05) is 11.6 Å². The number of nitrogens with two attached hydrogens (primary N) is 1. The lowest BCUT2D eigenvalue weighted by molar-refractivity contribution is -0.0145. The number of aliphatic imine (C=N–C) groups is 1. The van der Waals surface area contributed by atoms with Crippen molar-refractivity contribution in [1.82, 2.24) is 9.97 Å². The summed E-state index contributed by atoms with van der Waals surface area (Å²) in [4.78, 5) is 23.5. The third-order valence-corrected chi connectivity index (χ3v) is 4.01. The highest BCUT2D eigenvalue weighted by molar-refractivity contribution is 6.29. The van der Waals surface area contributed by atoms with Crippen LogP contribution in [0.15, 0.2) is 35.6 Å². The van der Waals surface area contributed by atoms with Crippen LogP contribution in [0.4, 0.5) is 18.9 Å². The van der Waals surface area contributed by atoms with Crippen molar-refractivity contribution in [3.63, 3.8) is 0 Å². The number of nitrogens with zero attached hydrogens (tertiary/aromatic N) is 3. The van der Waals surface area contributed by atoms with Crippen LogP contribution < -0.4 is 11.1 Å². The van der Waals surface area contributed by atoms with Crippen molar-refractivity contribution in [2.75, 3.05) is 18.5 Å². The van der Waals surface area contributed by atoms with Gasteiger partial charge < -0.3 is 15.8 Å². The lowest BCUT2D eigenvalue weighted by atomic mass is 9.90. The minimum Gasteiger partial charge on any atom is -0.385 e. The number of halogens is 4. The molecule has 0 saturated heterocycles. The number of hydrogen-bond acceptors (Lipinski definition) is 6. The van der Waals surface area contributed by atoms with E-state index in [2.05, 4.69) is 20.3 Å². The van der Waals surface area contributed by atoms with Crippen LogP contribution >= 0.6 is 11.6 Å². The van der Waals surface area contributed by atoms with Crippen molar-refractivity contribution in [1.29, 1.82) is 0 Å². The first-order valence-electron chi connectivity index (χ1n) is 7.61. The zero-order valence-corrected chi connectivity index (χ0v) is 14.4. The van der Waals surface area contributed by atoms with Gasteiger partial charge in [0, 0.05) is 11.3 Å². The van der Waals surface area contributed by atoms with Crippen LogP contribution in [0.1, 0.15) is 16.1 Å². The maximum atomic E-state index is 14.3. The molecule has 2 aromatic rings. The summed E-state index contributed by atoms with van der Waals surface area (Å²) in [6.45, 7) is -0.676. The number of carbonyl (C=O) groups is 1. The molecule has 7 nitrogen and oxygen atoms in total. The number of benzene rings is 1. The fraction of sp³-hybridized carbons (Fsp3) is 0.250.